The molecule has 0 saturated carbocycles. The van der Waals surface area contributed by atoms with Gasteiger partial charge in [0.1, 0.15) is 5.78 Å². The lowest BCUT2D eigenvalue weighted by atomic mass is 9.71. The number of carbonyl (C=O) groups is 1. The van der Waals surface area contributed by atoms with Gasteiger partial charge in [-0.05, 0) is 43.0 Å². The molecule has 3 unspecified atom stereocenters. The molecule has 2 aromatic rings. The first kappa shape index (κ1) is 16.8. The Morgan fingerprint density at radius 2 is 2.12 bits per heavy atom. The quantitative estimate of drug-likeness (QED) is 0.870. The summed E-state index contributed by atoms with van der Waals surface area (Å²) in [5, 5.41) is 1.42. The first-order valence-corrected chi connectivity index (χ1v) is 9.94. The van der Waals surface area contributed by atoms with Crippen molar-refractivity contribution in [2.45, 2.75) is 57.9 Å². The van der Waals surface area contributed by atoms with Crippen LogP contribution in [0, 0.1) is 11.8 Å². The largest absolute Gasteiger partial charge is 0.361 e. The Labute approximate surface area is 150 Å². The van der Waals surface area contributed by atoms with Crippen molar-refractivity contribution in [2.24, 2.45) is 11.8 Å². The van der Waals surface area contributed by atoms with Gasteiger partial charge in [-0.25, -0.2) is 0 Å². The molecule has 1 fully saturated rings. The molecule has 1 aliphatic carbocycles. The van der Waals surface area contributed by atoms with Crippen LogP contribution in [0.5, 0.6) is 0 Å². The zero-order chi connectivity index (χ0) is 17.6. The number of Topliss-reactive ketones (excluding diaryl/α,β-unsaturated/α-hetero) is 1. The molecule has 25 heavy (non-hydrogen) atoms. The van der Waals surface area contributed by atoms with Gasteiger partial charge >= 0.3 is 0 Å². The van der Waals surface area contributed by atoms with Gasteiger partial charge in [-0.1, -0.05) is 38.8 Å². The van der Waals surface area contributed by atoms with Crippen molar-refractivity contribution in [2.75, 3.05) is 13.6 Å². The smallest absolute Gasteiger partial charge is 0.137 e. The van der Waals surface area contributed by atoms with E-state index in [9.17, 15) is 4.79 Å². The van der Waals surface area contributed by atoms with E-state index in [0.717, 1.165) is 38.6 Å². The van der Waals surface area contributed by atoms with E-state index >= 15 is 0 Å². The summed E-state index contributed by atoms with van der Waals surface area (Å²) in [6, 6.07) is 7.16. The second-order valence-corrected chi connectivity index (χ2v) is 8.19. The van der Waals surface area contributed by atoms with Gasteiger partial charge in [0.25, 0.3) is 0 Å². The van der Waals surface area contributed by atoms with E-state index in [1.54, 1.807) is 0 Å². The molecule has 0 amide bonds. The monoisotopic (exact) mass is 338 g/mol. The summed E-state index contributed by atoms with van der Waals surface area (Å²) in [5.41, 5.74) is 4.15. The third kappa shape index (κ3) is 2.83. The number of likely N-dealkylation sites (N-methyl/N-ethyl adjacent to an activating group) is 1. The summed E-state index contributed by atoms with van der Waals surface area (Å²) in [5.74, 6) is 1.73. The second kappa shape index (κ2) is 6.60. The molecule has 3 nitrogen and oxygen atoms in total. The molecule has 1 aromatic heterocycles. The molecular formula is C22H30N2O. The number of hydrogen-bond acceptors (Lipinski definition) is 2. The second-order valence-electron chi connectivity index (χ2n) is 8.19. The van der Waals surface area contributed by atoms with Crippen LogP contribution in [0.4, 0.5) is 0 Å². The van der Waals surface area contributed by atoms with Crippen LogP contribution < -0.4 is 0 Å². The minimum atomic E-state index is 0.197. The van der Waals surface area contributed by atoms with Crippen molar-refractivity contribution < 1.29 is 4.79 Å². The molecule has 1 N–H and O–H groups in total. The first-order chi connectivity index (χ1) is 12.1. The highest BCUT2D eigenvalue weighted by molar-refractivity contribution is 5.89. The van der Waals surface area contributed by atoms with Crippen LogP contribution >= 0.6 is 0 Å². The van der Waals surface area contributed by atoms with Gasteiger partial charge < -0.3 is 9.88 Å². The fourth-order valence-corrected chi connectivity index (χ4v) is 5.20. The molecule has 1 saturated heterocycles. The maximum atomic E-state index is 13.0. The molecule has 4 rings (SSSR count). The number of likely N-dealkylation sites (tertiary alicyclic amines) is 1. The van der Waals surface area contributed by atoms with Gasteiger partial charge in [-0.3, -0.25) is 4.79 Å². The van der Waals surface area contributed by atoms with E-state index in [2.05, 4.69) is 55.2 Å². The van der Waals surface area contributed by atoms with Crippen molar-refractivity contribution in [1.29, 1.82) is 0 Å². The minimum Gasteiger partial charge on any atom is -0.361 e. The van der Waals surface area contributed by atoms with Gasteiger partial charge in [0, 0.05) is 47.9 Å². The highest BCUT2D eigenvalue weighted by Crippen LogP contribution is 2.44. The standard InChI is InChI=1S/C22H30N2O/c1-4-14(5-2)9-21(25)16-10-18-17-7-6-8-19-22(17)15(12-23-19)11-20(18)24(3)13-16/h6-8,12,14,16,18,20,23H,4-5,9-11,13H2,1-3H3. The molecule has 0 radical (unpaired) electrons. The van der Waals surface area contributed by atoms with Crippen LogP contribution in [-0.4, -0.2) is 35.3 Å². The third-order valence-corrected chi connectivity index (χ3v) is 6.83. The number of fused-ring (bicyclic) bond motifs is 2. The molecule has 1 aromatic carbocycles. The summed E-state index contributed by atoms with van der Waals surface area (Å²) in [6.45, 7) is 5.34. The summed E-state index contributed by atoms with van der Waals surface area (Å²) in [6.07, 6.45) is 7.31. The summed E-state index contributed by atoms with van der Waals surface area (Å²) >= 11 is 0. The van der Waals surface area contributed by atoms with Gasteiger partial charge in [0.15, 0.2) is 0 Å². The summed E-state index contributed by atoms with van der Waals surface area (Å²) in [4.78, 5) is 18.8. The van der Waals surface area contributed by atoms with E-state index in [0.29, 0.717) is 23.7 Å². The number of rotatable bonds is 5. The third-order valence-electron chi connectivity index (χ3n) is 6.83. The molecule has 2 aliphatic rings. The number of nitrogens with one attached hydrogen (secondary N) is 1. The highest BCUT2D eigenvalue weighted by atomic mass is 16.1. The van der Waals surface area contributed by atoms with E-state index in [1.165, 1.54) is 22.0 Å². The number of aromatic nitrogens is 1. The van der Waals surface area contributed by atoms with Gasteiger partial charge in [-0.2, -0.15) is 0 Å². The number of aromatic amines is 1. The van der Waals surface area contributed by atoms with Crippen LogP contribution in [0.15, 0.2) is 24.4 Å². The van der Waals surface area contributed by atoms with Crippen LogP contribution in [0.1, 0.15) is 56.6 Å². The van der Waals surface area contributed by atoms with E-state index in [4.69, 9.17) is 0 Å². The molecule has 0 spiro atoms. The number of piperidine rings is 1. The molecule has 2 heterocycles. The lowest BCUT2D eigenvalue weighted by molar-refractivity contribution is -0.126. The van der Waals surface area contributed by atoms with E-state index < -0.39 is 0 Å². The SMILES string of the molecule is CCC(CC)CC(=O)C1CC2c3cccc4[nH]cc(c34)CC2N(C)C1. The number of benzene rings is 1. The summed E-state index contributed by atoms with van der Waals surface area (Å²) in [7, 11) is 2.21. The van der Waals surface area contributed by atoms with Gasteiger partial charge in [-0.15, -0.1) is 0 Å². The van der Waals surface area contributed by atoms with E-state index in [-0.39, 0.29) is 5.92 Å². The fourth-order valence-electron chi connectivity index (χ4n) is 5.20. The van der Waals surface area contributed by atoms with Crippen molar-refractivity contribution >= 4 is 16.7 Å². The molecule has 3 atom stereocenters. The van der Waals surface area contributed by atoms with E-state index in [1.807, 2.05) is 0 Å². The zero-order valence-electron chi connectivity index (χ0n) is 15.7. The maximum absolute atomic E-state index is 13.0. The maximum Gasteiger partial charge on any atom is 0.137 e. The fraction of sp³-hybridized carbons (Fsp3) is 0.591. The summed E-state index contributed by atoms with van der Waals surface area (Å²) < 4.78 is 0. The number of hydrogen-bond donors (Lipinski definition) is 1. The molecule has 134 valence electrons. The Balaban J connectivity index is 1.62. The van der Waals surface area contributed by atoms with Gasteiger partial charge in [0.2, 0.25) is 0 Å². The van der Waals surface area contributed by atoms with Crippen LogP contribution in [-0.2, 0) is 11.2 Å². The number of ketones is 1. The van der Waals surface area contributed by atoms with Crippen molar-refractivity contribution in [3.63, 3.8) is 0 Å². The lowest BCUT2D eigenvalue weighted by Gasteiger charge is -2.45. The van der Waals surface area contributed by atoms with Crippen LogP contribution in [0.2, 0.25) is 0 Å². The predicted octanol–water partition coefficient (Wildman–Crippen LogP) is 4.52. The lowest BCUT2D eigenvalue weighted by Crippen LogP contribution is -2.49. The molecule has 0 bridgehead atoms. The number of carbonyl (C=O) groups excluding carboxylic acids is 1. The van der Waals surface area contributed by atoms with Gasteiger partial charge in [0.05, 0.1) is 0 Å². The zero-order valence-corrected chi connectivity index (χ0v) is 15.7. The molecular weight excluding hydrogens is 308 g/mol. The van der Waals surface area contributed by atoms with Crippen LogP contribution in [0.3, 0.4) is 0 Å². The highest BCUT2D eigenvalue weighted by Gasteiger charge is 2.41. The number of H-pyrrole nitrogens is 1. The molecule has 1 aliphatic heterocycles. The average molecular weight is 338 g/mol. The van der Waals surface area contributed by atoms with Crippen molar-refractivity contribution in [1.82, 2.24) is 9.88 Å². The average Bonchev–Trinajstić information content (AvgIpc) is 3.04. The van der Waals surface area contributed by atoms with Crippen LogP contribution in [0.25, 0.3) is 10.9 Å². The predicted molar refractivity (Wildman–Crippen MR) is 103 cm³/mol. The topological polar surface area (TPSA) is 36.1 Å². The van der Waals surface area contributed by atoms with Crippen molar-refractivity contribution in [3.05, 3.63) is 35.5 Å². The Hall–Kier alpha value is -1.61. The molecule has 3 heteroatoms. The van der Waals surface area contributed by atoms with Crippen molar-refractivity contribution in [3.8, 4) is 0 Å². The minimum absolute atomic E-state index is 0.197. The Kier molecular flexibility index (Phi) is 4.45. The normalized spacial score (nSPS) is 26.2. The number of nitrogens with zero attached hydrogens (tertiary/aromatic N) is 1. The first-order valence-electron chi connectivity index (χ1n) is 9.94. The Bertz CT molecular complexity index is 773. The Morgan fingerprint density at radius 1 is 1.32 bits per heavy atom. The Morgan fingerprint density at radius 3 is 2.88 bits per heavy atom.